The Hall–Kier alpha value is -0.930. The predicted octanol–water partition coefficient (Wildman–Crippen LogP) is 0.139. The molecule has 0 saturated carbocycles. The van der Waals surface area contributed by atoms with Crippen LogP contribution < -0.4 is 0 Å². The summed E-state index contributed by atoms with van der Waals surface area (Å²) in [6.07, 6.45) is 2.20. The molecule has 1 saturated heterocycles. The van der Waals surface area contributed by atoms with Gasteiger partial charge in [-0.25, -0.2) is 12.7 Å². The van der Waals surface area contributed by atoms with Crippen molar-refractivity contribution < 1.29 is 13.2 Å². The number of piperidine rings is 1. The molecule has 1 aliphatic heterocycles. The van der Waals surface area contributed by atoms with Gasteiger partial charge in [0, 0.05) is 19.0 Å². The molecular weight excluding hydrogens is 216 g/mol. The van der Waals surface area contributed by atoms with Crippen molar-refractivity contribution in [3.8, 4) is 6.07 Å². The number of carbonyl (C=O) groups excluding carboxylic acids is 1. The van der Waals surface area contributed by atoms with Gasteiger partial charge in [-0.1, -0.05) is 0 Å². The molecule has 1 aliphatic rings. The Bertz CT molecular complexity index is 371. The highest BCUT2D eigenvalue weighted by Crippen LogP contribution is 2.19. The second-order valence-corrected chi connectivity index (χ2v) is 5.97. The monoisotopic (exact) mass is 230 g/mol. The molecular formula is C9H14N2O3S. The average molecular weight is 230 g/mol. The SMILES string of the molecule is CC(C#N)S(=O)(=O)N1CCCC(C=O)C1. The number of nitrogens with zero attached hydrogens (tertiary/aromatic N) is 2. The van der Waals surface area contributed by atoms with E-state index in [0.29, 0.717) is 13.0 Å². The van der Waals surface area contributed by atoms with Crippen LogP contribution in [-0.2, 0) is 14.8 Å². The first kappa shape index (κ1) is 12.1. The first-order chi connectivity index (χ1) is 7.02. The summed E-state index contributed by atoms with van der Waals surface area (Å²) in [5.41, 5.74) is 0. The van der Waals surface area contributed by atoms with Crippen LogP contribution in [0.2, 0.25) is 0 Å². The van der Waals surface area contributed by atoms with Crippen LogP contribution in [0.25, 0.3) is 0 Å². The molecule has 1 fully saturated rings. The number of hydrogen-bond acceptors (Lipinski definition) is 4. The Morgan fingerprint density at radius 3 is 2.80 bits per heavy atom. The van der Waals surface area contributed by atoms with Crippen LogP contribution in [0.15, 0.2) is 0 Å². The van der Waals surface area contributed by atoms with E-state index >= 15 is 0 Å². The molecule has 0 aromatic heterocycles. The zero-order valence-corrected chi connectivity index (χ0v) is 9.40. The molecule has 15 heavy (non-hydrogen) atoms. The molecule has 5 nitrogen and oxygen atoms in total. The van der Waals surface area contributed by atoms with Gasteiger partial charge >= 0.3 is 0 Å². The fraction of sp³-hybridized carbons (Fsp3) is 0.778. The Morgan fingerprint density at radius 1 is 1.60 bits per heavy atom. The maximum atomic E-state index is 11.8. The standard InChI is InChI=1S/C9H14N2O3S/c1-8(5-10)15(13,14)11-4-2-3-9(6-11)7-12/h7-9H,2-4,6H2,1H3. The number of rotatable bonds is 3. The van der Waals surface area contributed by atoms with Gasteiger partial charge in [0.25, 0.3) is 0 Å². The third kappa shape index (κ3) is 2.55. The minimum atomic E-state index is -3.54. The van der Waals surface area contributed by atoms with Gasteiger partial charge in [-0.3, -0.25) is 0 Å². The van der Waals surface area contributed by atoms with Crippen molar-refractivity contribution in [2.75, 3.05) is 13.1 Å². The largest absolute Gasteiger partial charge is 0.303 e. The molecule has 6 heteroatoms. The second kappa shape index (κ2) is 4.73. The summed E-state index contributed by atoms with van der Waals surface area (Å²) in [5.74, 6) is -0.223. The number of nitriles is 1. The van der Waals surface area contributed by atoms with Crippen LogP contribution in [0.4, 0.5) is 0 Å². The lowest BCUT2D eigenvalue weighted by molar-refractivity contribution is -0.112. The van der Waals surface area contributed by atoms with E-state index in [1.165, 1.54) is 11.2 Å². The van der Waals surface area contributed by atoms with Crippen LogP contribution in [0, 0.1) is 17.2 Å². The van der Waals surface area contributed by atoms with Crippen molar-refractivity contribution in [2.24, 2.45) is 5.92 Å². The predicted molar refractivity (Wildman–Crippen MR) is 54.4 cm³/mol. The van der Waals surface area contributed by atoms with Gasteiger partial charge in [-0.2, -0.15) is 5.26 Å². The lowest BCUT2D eigenvalue weighted by Gasteiger charge is -2.29. The Labute approximate surface area is 89.7 Å². The first-order valence-corrected chi connectivity index (χ1v) is 6.36. The van der Waals surface area contributed by atoms with Gasteiger partial charge < -0.3 is 4.79 Å². The van der Waals surface area contributed by atoms with E-state index in [1.807, 2.05) is 0 Å². The zero-order chi connectivity index (χ0) is 11.5. The van der Waals surface area contributed by atoms with E-state index in [2.05, 4.69) is 0 Å². The second-order valence-electron chi connectivity index (χ2n) is 3.71. The first-order valence-electron chi connectivity index (χ1n) is 4.86. The van der Waals surface area contributed by atoms with Crippen molar-refractivity contribution >= 4 is 16.3 Å². The molecule has 0 amide bonds. The summed E-state index contributed by atoms with van der Waals surface area (Å²) in [6.45, 7) is 2.00. The highest BCUT2D eigenvalue weighted by molar-refractivity contribution is 7.89. The Morgan fingerprint density at radius 2 is 2.27 bits per heavy atom. The van der Waals surface area contributed by atoms with E-state index in [-0.39, 0.29) is 12.5 Å². The lowest BCUT2D eigenvalue weighted by atomic mass is 10.0. The molecule has 0 radical (unpaired) electrons. The molecule has 0 aliphatic carbocycles. The fourth-order valence-corrected chi connectivity index (χ4v) is 2.97. The van der Waals surface area contributed by atoms with Gasteiger partial charge in [-0.15, -0.1) is 0 Å². The Balaban J connectivity index is 2.80. The molecule has 0 bridgehead atoms. The third-order valence-electron chi connectivity index (χ3n) is 2.60. The van der Waals surface area contributed by atoms with E-state index in [4.69, 9.17) is 5.26 Å². The van der Waals surface area contributed by atoms with Gasteiger partial charge in [0.2, 0.25) is 10.0 Å². The van der Waals surface area contributed by atoms with Crippen LogP contribution in [0.3, 0.4) is 0 Å². The molecule has 0 N–H and O–H groups in total. The van der Waals surface area contributed by atoms with Crippen molar-refractivity contribution in [2.45, 2.75) is 25.0 Å². The molecule has 84 valence electrons. The van der Waals surface area contributed by atoms with Gasteiger partial charge in [0.05, 0.1) is 6.07 Å². The maximum absolute atomic E-state index is 11.8. The highest BCUT2D eigenvalue weighted by Gasteiger charge is 2.32. The lowest BCUT2D eigenvalue weighted by Crippen LogP contribution is -2.43. The molecule has 0 aromatic carbocycles. The highest BCUT2D eigenvalue weighted by atomic mass is 32.2. The van der Waals surface area contributed by atoms with Crippen molar-refractivity contribution in [1.29, 1.82) is 5.26 Å². The molecule has 2 atom stereocenters. The molecule has 1 heterocycles. The summed E-state index contributed by atoms with van der Waals surface area (Å²) in [6, 6.07) is 1.72. The summed E-state index contributed by atoms with van der Waals surface area (Å²) in [5, 5.41) is 7.56. The van der Waals surface area contributed by atoms with Gasteiger partial charge in [0.15, 0.2) is 5.25 Å². The van der Waals surface area contributed by atoms with E-state index in [0.717, 1.165) is 12.7 Å². The van der Waals surface area contributed by atoms with Crippen LogP contribution >= 0.6 is 0 Å². The topological polar surface area (TPSA) is 78.2 Å². The quantitative estimate of drug-likeness (QED) is 0.646. The summed E-state index contributed by atoms with van der Waals surface area (Å²) >= 11 is 0. The smallest absolute Gasteiger partial charge is 0.230 e. The Kier molecular flexibility index (Phi) is 3.83. The summed E-state index contributed by atoms with van der Waals surface area (Å²) in [7, 11) is -3.54. The minimum absolute atomic E-state index is 0.220. The van der Waals surface area contributed by atoms with E-state index in [9.17, 15) is 13.2 Å². The number of hydrogen-bond donors (Lipinski definition) is 0. The zero-order valence-electron chi connectivity index (χ0n) is 8.59. The van der Waals surface area contributed by atoms with Crippen molar-refractivity contribution in [3.63, 3.8) is 0 Å². The van der Waals surface area contributed by atoms with E-state index < -0.39 is 15.3 Å². The molecule has 0 aromatic rings. The summed E-state index contributed by atoms with van der Waals surface area (Å²) in [4.78, 5) is 10.6. The van der Waals surface area contributed by atoms with Gasteiger partial charge in [0.1, 0.15) is 6.29 Å². The number of aldehydes is 1. The van der Waals surface area contributed by atoms with Crippen LogP contribution in [0.5, 0.6) is 0 Å². The van der Waals surface area contributed by atoms with Crippen LogP contribution in [0.1, 0.15) is 19.8 Å². The van der Waals surface area contributed by atoms with Crippen LogP contribution in [-0.4, -0.2) is 37.3 Å². The summed E-state index contributed by atoms with van der Waals surface area (Å²) < 4.78 is 24.8. The minimum Gasteiger partial charge on any atom is -0.303 e. The van der Waals surface area contributed by atoms with Crippen molar-refractivity contribution in [1.82, 2.24) is 4.31 Å². The molecule has 1 rings (SSSR count). The third-order valence-corrected chi connectivity index (χ3v) is 4.65. The van der Waals surface area contributed by atoms with Crippen molar-refractivity contribution in [3.05, 3.63) is 0 Å². The average Bonchev–Trinajstić information content (AvgIpc) is 2.27. The molecule has 2 unspecified atom stereocenters. The van der Waals surface area contributed by atoms with E-state index in [1.54, 1.807) is 6.07 Å². The van der Waals surface area contributed by atoms with Gasteiger partial charge in [-0.05, 0) is 19.8 Å². The maximum Gasteiger partial charge on any atom is 0.230 e. The number of sulfonamides is 1. The number of carbonyl (C=O) groups is 1. The normalized spacial score (nSPS) is 25.5. The fourth-order valence-electron chi connectivity index (χ4n) is 1.61. The molecule has 0 spiro atoms.